The van der Waals surface area contributed by atoms with E-state index >= 15 is 0 Å². The van der Waals surface area contributed by atoms with Gasteiger partial charge in [0.25, 0.3) is 0 Å². The third-order valence-electron chi connectivity index (χ3n) is 4.16. The Hall–Kier alpha value is -0.850. The number of thiophene rings is 1. The molecular formula is C15H21N3OS2. The largest absolute Gasteiger partial charge is 0.395 e. The first kappa shape index (κ1) is 15.1. The Kier molecular flexibility index (Phi) is 4.66. The van der Waals surface area contributed by atoms with Crippen LogP contribution in [0.5, 0.6) is 0 Å². The molecule has 0 fully saturated rings. The van der Waals surface area contributed by atoms with Gasteiger partial charge in [-0.15, -0.1) is 11.3 Å². The molecule has 2 aromatic heterocycles. The first-order chi connectivity index (χ1) is 10.2. The second-order valence-corrected chi connectivity index (χ2v) is 7.66. The molecule has 6 heteroatoms. The molecule has 2 N–H and O–H groups in total. The fraction of sp³-hybridized carbons (Fsp3) is 0.600. The number of anilines is 1. The van der Waals surface area contributed by atoms with Gasteiger partial charge in [-0.3, -0.25) is 0 Å². The van der Waals surface area contributed by atoms with Crippen molar-refractivity contribution in [1.82, 2.24) is 9.97 Å². The van der Waals surface area contributed by atoms with Crippen LogP contribution in [0.4, 0.5) is 5.82 Å². The molecule has 0 spiro atoms. The molecule has 2 unspecified atom stereocenters. The summed E-state index contributed by atoms with van der Waals surface area (Å²) in [6.45, 7) is 2.27. The monoisotopic (exact) mass is 323 g/mol. The molecule has 0 radical (unpaired) electrons. The Morgan fingerprint density at radius 2 is 2.19 bits per heavy atom. The molecule has 114 valence electrons. The first-order valence-electron chi connectivity index (χ1n) is 7.40. The minimum Gasteiger partial charge on any atom is -0.395 e. The van der Waals surface area contributed by atoms with Gasteiger partial charge < -0.3 is 10.4 Å². The maximum atomic E-state index is 9.45. The molecule has 0 bridgehead atoms. The van der Waals surface area contributed by atoms with E-state index in [2.05, 4.69) is 22.2 Å². The van der Waals surface area contributed by atoms with E-state index in [1.165, 1.54) is 35.1 Å². The number of nitrogens with one attached hydrogen (secondary N) is 1. The van der Waals surface area contributed by atoms with E-state index in [1.54, 1.807) is 18.1 Å². The Bertz CT molecular complexity index is 625. The normalized spacial score (nSPS) is 17.5. The van der Waals surface area contributed by atoms with Crippen molar-refractivity contribution < 1.29 is 5.11 Å². The summed E-state index contributed by atoms with van der Waals surface area (Å²) in [5.74, 6) is 0.930. The number of hydrogen-bond donors (Lipinski definition) is 2. The number of aromatic nitrogens is 2. The van der Waals surface area contributed by atoms with Gasteiger partial charge >= 0.3 is 0 Å². The zero-order valence-electron chi connectivity index (χ0n) is 12.4. The number of thioether (sulfide) groups is 1. The van der Waals surface area contributed by atoms with E-state index in [0.29, 0.717) is 0 Å². The third-order valence-corrected chi connectivity index (χ3v) is 6.52. The molecule has 1 aliphatic carbocycles. The Balaban J connectivity index is 1.97. The average Bonchev–Trinajstić information content (AvgIpc) is 2.88. The summed E-state index contributed by atoms with van der Waals surface area (Å²) in [5, 5.41) is 14.3. The fourth-order valence-corrected chi connectivity index (χ4v) is 4.80. The van der Waals surface area contributed by atoms with Crippen LogP contribution >= 0.6 is 23.1 Å². The topological polar surface area (TPSA) is 58.0 Å². The Morgan fingerprint density at radius 3 is 2.95 bits per heavy atom. The van der Waals surface area contributed by atoms with Gasteiger partial charge in [-0.05, 0) is 44.4 Å². The predicted octanol–water partition coefficient (Wildman–Crippen LogP) is 3.09. The molecule has 2 heterocycles. The van der Waals surface area contributed by atoms with Gasteiger partial charge in [-0.25, -0.2) is 9.97 Å². The summed E-state index contributed by atoms with van der Waals surface area (Å²) in [6, 6.07) is 0.169. The van der Waals surface area contributed by atoms with Crippen LogP contribution in [0.1, 0.15) is 30.2 Å². The molecule has 4 nitrogen and oxygen atoms in total. The maximum absolute atomic E-state index is 9.45. The zero-order valence-corrected chi connectivity index (χ0v) is 14.1. The molecule has 2 aromatic rings. The molecule has 2 atom stereocenters. The molecule has 0 aliphatic heterocycles. The first-order valence-corrected chi connectivity index (χ1v) is 9.50. The van der Waals surface area contributed by atoms with Crippen LogP contribution in [0.3, 0.4) is 0 Å². The van der Waals surface area contributed by atoms with E-state index in [1.807, 2.05) is 17.6 Å². The Labute approximate surface area is 133 Å². The van der Waals surface area contributed by atoms with Crippen LogP contribution in [-0.4, -0.2) is 39.2 Å². The smallest absolute Gasteiger partial charge is 0.138 e. The second-order valence-electron chi connectivity index (χ2n) is 5.50. The van der Waals surface area contributed by atoms with Gasteiger partial charge in [0, 0.05) is 16.2 Å². The van der Waals surface area contributed by atoms with Gasteiger partial charge in [0.2, 0.25) is 0 Å². The van der Waals surface area contributed by atoms with Crippen molar-refractivity contribution in [3.8, 4) is 0 Å². The van der Waals surface area contributed by atoms with Crippen LogP contribution in [0.25, 0.3) is 10.2 Å². The van der Waals surface area contributed by atoms with Crippen molar-refractivity contribution in [2.24, 2.45) is 0 Å². The number of rotatable bonds is 5. The summed E-state index contributed by atoms with van der Waals surface area (Å²) in [4.78, 5) is 11.5. The molecule has 0 saturated carbocycles. The van der Waals surface area contributed by atoms with Gasteiger partial charge in [0.05, 0.1) is 12.0 Å². The number of fused-ring (bicyclic) bond motifs is 3. The molecule has 0 saturated heterocycles. The van der Waals surface area contributed by atoms with Crippen molar-refractivity contribution in [1.29, 1.82) is 0 Å². The number of aryl methyl sites for hydroxylation is 2. The van der Waals surface area contributed by atoms with Gasteiger partial charge in [0.1, 0.15) is 17.0 Å². The van der Waals surface area contributed by atoms with Crippen molar-refractivity contribution >= 4 is 39.1 Å². The van der Waals surface area contributed by atoms with Crippen molar-refractivity contribution in [2.45, 2.75) is 43.9 Å². The van der Waals surface area contributed by atoms with E-state index in [9.17, 15) is 5.11 Å². The maximum Gasteiger partial charge on any atom is 0.138 e. The lowest BCUT2D eigenvalue weighted by Gasteiger charge is -2.22. The number of hydrogen-bond acceptors (Lipinski definition) is 6. The van der Waals surface area contributed by atoms with E-state index < -0.39 is 0 Å². The molecule has 3 rings (SSSR count). The van der Waals surface area contributed by atoms with Crippen molar-refractivity contribution in [2.75, 3.05) is 18.2 Å². The van der Waals surface area contributed by atoms with E-state index in [-0.39, 0.29) is 17.9 Å². The Morgan fingerprint density at radius 1 is 1.38 bits per heavy atom. The third kappa shape index (κ3) is 2.89. The van der Waals surface area contributed by atoms with E-state index in [4.69, 9.17) is 0 Å². The van der Waals surface area contributed by atoms with Crippen LogP contribution < -0.4 is 5.32 Å². The average molecular weight is 323 g/mol. The predicted molar refractivity (Wildman–Crippen MR) is 91.5 cm³/mol. The number of aliphatic hydroxyl groups is 1. The SMILES string of the molecule is CSC(CO)C(C)Nc1ncnc2sc3c(c12)CCCC3. The summed E-state index contributed by atoms with van der Waals surface area (Å²) in [7, 11) is 0. The molecule has 0 aromatic carbocycles. The molecular weight excluding hydrogens is 302 g/mol. The summed E-state index contributed by atoms with van der Waals surface area (Å²) in [5.41, 5.74) is 1.45. The number of nitrogens with zero attached hydrogens (tertiary/aromatic N) is 2. The highest BCUT2D eigenvalue weighted by molar-refractivity contribution is 7.99. The minimum absolute atomic E-state index is 0.169. The standard InChI is InChI=1S/C15H21N3OS2/c1-9(12(7-19)20-2)18-14-13-10-5-3-4-6-11(10)21-15(13)17-8-16-14/h8-9,12,19H,3-7H2,1-2H3,(H,16,17,18). The van der Waals surface area contributed by atoms with Gasteiger partial charge in [0.15, 0.2) is 0 Å². The quantitative estimate of drug-likeness (QED) is 0.885. The lowest BCUT2D eigenvalue weighted by Crippen LogP contribution is -2.31. The highest BCUT2D eigenvalue weighted by atomic mass is 32.2. The minimum atomic E-state index is 0.169. The second kappa shape index (κ2) is 6.50. The van der Waals surface area contributed by atoms with Crippen molar-refractivity contribution in [3.05, 3.63) is 16.8 Å². The summed E-state index contributed by atoms with van der Waals surface area (Å²) >= 11 is 3.50. The summed E-state index contributed by atoms with van der Waals surface area (Å²) < 4.78 is 0. The van der Waals surface area contributed by atoms with Gasteiger partial charge in [-0.1, -0.05) is 0 Å². The zero-order chi connectivity index (χ0) is 14.8. The van der Waals surface area contributed by atoms with E-state index in [0.717, 1.165) is 17.1 Å². The highest BCUT2D eigenvalue weighted by Gasteiger charge is 2.22. The highest BCUT2D eigenvalue weighted by Crippen LogP contribution is 2.38. The lowest BCUT2D eigenvalue weighted by molar-refractivity contribution is 0.288. The van der Waals surface area contributed by atoms with Crippen LogP contribution in [-0.2, 0) is 12.8 Å². The lowest BCUT2D eigenvalue weighted by atomic mass is 9.97. The van der Waals surface area contributed by atoms with Gasteiger partial charge in [-0.2, -0.15) is 11.8 Å². The van der Waals surface area contributed by atoms with Crippen LogP contribution in [0.15, 0.2) is 6.33 Å². The molecule has 0 amide bonds. The fourth-order valence-electron chi connectivity index (χ4n) is 2.95. The molecule has 1 aliphatic rings. The number of aliphatic hydroxyl groups excluding tert-OH is 1. The van der Waals surface area contributed by atoms with Crippen LogP contribution in [0.2, 0.25) is 0 Å². The summed E-state index contributed by atoms with van der Waals surface area (Å²) in [6.07, 6.45) is 8.53. The molecule has 21 heavy (non-hydrogen) atoms. The van der Waals surface area contributed by atoms with Crippen molar-refractivity contribution in [3.63, 3.8) is 0 Å². The van der Waals surface area contributed by atoms with Crippen LogP contribution in [0, 0.1) is 0 Å².